The van der Waals surface area contributed by atoms with Crippen LogP contribution in [-0.4, -0.2) is 30.9 Å². The number of nitrogens with one attached hydrogen (secondary N) is 2. The molecule has 7 nitrogen and oxygen atoms in total. The van der Waals surface area contributed by atoms with Gasteiger partial charge in [0, 0.05) is 30.9 Å². The average molecular weight is 472 g/mol. The van der Waals surface area contributed by atoms with Crippen LogP contribution in [0.3, 0.4) is 0 Å². The Morgan fingerprint density at radius 2 is 1.71 bits per heavy atom. The molecule has 3 aromatic carbocycles. The van der Waals surface area contributed by atoms with E-state index in [1.165, 1.54) is 0 Å². The minimum Gasteiger partial charge on any atom is -0.484 e. The van der Waals surface area contributed by atoms with Gasteiger partial charge in [-0.25, -0.2) is 0 Å². The van der Waals surface area contributed by atoms with Crippen molar-refractivity contribution < 1.29 is 19.1 Å². The predicted molar refractivity (Wildman–Crippen MR) is 135 cm³/mol. The highest BCUT2D eigenvalue weighted by molar-refractivity contribution is 6.00. The molecular weight excluding hydrogens is 442 g/mol. The van der Waals surface area contributed by atoms with Gasteiger partial charge in [0.25, 0.3) is 5.91 Å². The molecule has 1 heterocycles. The van der Waals surface area contributed by atoms with Gasteiger partial charge in [-0.1, -0.05) is 36.4 Å². The first-order valence-corrected chi connectivity index (χ1v) is 11.6. The van der Waals surface area contributed by atoms with E-state index in [0.717, 1.165) is 22.4 Å². The third-order valence-electron chi connectivity index (χ3n) is 6.11. The average Bonchev–Trinajstić information content (AvgIpc) is 3.26. The molecule has 3 aromatic rings. The zero-order chi connectivity index (χ0) is 24.8. The van der Waals surface area contributed by atoms with E-state index >= 15 is 0 Å². The van der Waals surface area contributed by atoms with Crippen LogP contribution < -0.4 is 20.3 Å². The van der Waals surface area contributed by atoms with E-state index < -0.39 is 5.92 Å². The predicted octanol–water partition coefficient (Wildman–Crippen LogP) is 3.99. The van der Waals surface area contributed by atoms with Crippen LogP contribution >= 0.6 is 0 Å². The number of benzene rings is 3. The zero-order valence-corrected chi connectivity index (χ0v) is 19.9. The highest BCUT2D eigenvalue weighted by Crippen LogP contribution is 2.27. The van der Waals surface area contributed by atoms with Crippen LogP contribution in [0.5, 0.6) is 5.75 Å². The maximum absolute atomic E-state index is 12.6. The molecule has 3 amide bonds. The Balaban J connectivity index is 1.27. The van der Waals surface area contributed by atoms with Gasteiger partial charge in [0.05, 0.1) is 5.92 Å². The minimum atomic E-state index is -0.392. The molecule has 0 saturated carbocycles. The molecule has 1 saturated heterocycles. The van der Waals surface area contributed by atoms with Crippen LogP contribution in [-0.2, 0) is 20.9 Å². The lowest BCUT2D eigenvalue weighted by Crippen LogP contribution is -2.32. The first-order valence-electron chi connectivity index (χ1n) is 11.6. The van der Waals surface area contributed by atoms with Crippen LogP contribution in [0.4, 0.5) is 11.4 Å². The van der Waals surface area contributed by atoms with Gasteiger partial charge >= 0.3 is 0 Å². The number of hydrogen-bond acceptors (Lipinski definition) is 4. The lowest BCUT2D eigenvalue weighted by molar-refractivity contribution is -0.126. The maximum Gasteiger partial charge on any atom is 0.262 e. The molecule has 0 aliphatic carbocycles. The number of carbonyl (C=O) groups is 3. The number of carbonyl (C=O) groups excluding carboxylic acids is 3. The molecule has 0 unspecified atom stereocenters. The minimum absolute atomic E-state index is 0.0914. The topological polar surface area (TPSA) is 87.7 Å². The van der Waals surface area contributed by atoms with Crippen molar-refractivity contribution in [3.63, 3.8) is 0 Å². The van der Waals surface area contributed by atoms with Crippen LogP contribution in [0.2, 0.25) is 0 Å². The molecule has 1 fully saturated rings. The van der Waals surface area contributed by atoms with Crippen molar-refractivity contribution in [1.29, 1.82) is 0 Å². The molecule has 7 heteroatoms. The van der Waals surface area contributed by atoms with Crippen molar-refractivity contribution in [2.75, 3.05) is 23.4 Å². The number of rotatable bonds is 8. The van der Waals surface area contributed by atoms with Crippen LogP contribution in [0, 0.1) is 19.8 Å². The molecule has 2 N–H and O–H groups in total. The highest BCUT2D eigenvalue weighted by Gasteiger charge is 2.35. The van der Waals surface area contributed by atoms with E-state index in [9.17, 15) is 14.4 Å². The number of hydrogen-bond donors (Lipinski definition) is 2. The molecule has 4 rings (SSSR count). The fourth-order valence-electron chi connectivity index (χ4n) is 3.95. The molecule has 0 spiro atoms. The quantitative estimate of drug-likeness (QED) is 0.520. The molecule has 35 heavy (non-hydrogen) atoms. The summed E-state index contributed by atoms with van der Waals surface area (Å²) in [5, 5.41) is 5.74. The van der Waals surface area contributed by atoms with Gasteiger partial charge in [0.2, 0.25) is 11.8 Å². The number of nitrogens with zero attached hydrogens (tertiary/aromatic N) is 1. The second-order valence-electron chi connectivity index (χ2n) is 8.74. The summed E-state index contributed by atoms with van der Waals surface area (Å²) in [7, 11) is 0. The number of amides is 3. The van der Waals surface area contributed by atoms with Gasteiger partial charge in [0.1, 0.15) is 5.75 Å². The van der Waals surface area contributed by atoms with Crippen molar-refractivity contribution in [2.24, 2.45) is 5.92 Å². The van der Waals surface area contributed by atoms with Gasteiger partial charge in [-0.15, -0.1) is 0 Å². The Morgan fingerprint density at radius 3 is 2.43 bits per heavy atom. The number of anilines is 2. The molecule has 1 aliphatic heterocycles. The Hall–Kier alpha value is -4.13. The summed E-state index contributed by atoms with van der Waals surface area (Å²) in [6, 6.07) is 22.4. The molecule has 1 aliphatic rings. The lowest BCUT2D eigenvalue weighted by atomic mass is 10.1. The van der Waals surface area contributed by atoms with E-state index in [0.29, 0.717) is 24.5 Å². The lowest BCUT2D eigenvalue weighted by Gasteiger charge is -2.17. The zero-order valence-electron chi connectivity index (χ0n) is 19.9. The van der Waals surface area contributed by atoms with Crippen molar-refractivity contribution in [3.8, 4) is 5.75 Å². The Bertz CT molecular complexity index is 1210. The Labute approximate surface area is 205 Å². The van der Waals surface area contributed by atoms with Crippen LogP contribution in [0.15, 0.2) is 72.8 Å². The van der Waals surface area contributed by atoms with Gasteiger partial charge in [0.15, 0.2) is 6.61 Å². The highest BCUT2D eigenvalue weighted by atomic mass is 16.5. The first kappa shape index (κ1) is 24.0. The molecule has 1 atom stereocenters. The molecule has 0 aromatic heterocycles. The fraction of sp³-hybridized carbons (Fsp3) is 0.250. The van der Waals surface area contributed by atoms with Crippen LogP contribution in [0.1, 0.15) is 23.1 Å². The van der Waals surface area contributed by atoms with Crippen molar-refractivity contribution in [3.05, 3.63) is 89.5 Å². The summed E-state index contributed by atoms with van der Waals surface area (Å²) >= 11 is 0. The second kappa shape index (κ2) is 10.9. The number of aryl methyl sites for hydroxylation is 2. The molecule has 0 bridgehead atoms. The number of ether oxygens (including phenoxy) is 1. The third kappa shape index (κ3) is 6.26. The smallest absolute Gasteiger partial charge is 0.262 e. The van der Waals surface area contributed by atoms with Gasteiger partial charge in [-0.3, -0.25) is 14.4 Å². The summed E-state index contributed by atoms with van der Waals surface area (Å²) in [6.07, 6.45) is 0.178. The van der Waals surface area contributed by atoms with Crippen molar-refractivity contribution in [1.82, 2.24) is 5.32 Å². The van der Waals surface area contributed by atoms with Crippen molar-refractivity contribution in [2.45, 2.75) is 26.8 Å². The molecule has 180 valence electrons. The molecule has 0 radical (unpaired) electrons. The summed E-state index contributed by atoms with van der Waals surface area (Å²) in [6.45, 7) is 4.65. The van der Waals surface area contributed by atoms with Gasteiger partial charge < -0.3 is 20.3 Å². The summed E-state index contributed by atoms with van der Waals surface area (Å²) in [4.78, 5) is 38.9. The van der Waals surface area contributed by atoms with Crippen molar-refractivity contribution >= 4 is 29.1 Å². The van der Waals surface area contributed by atoms with E-state index in [-0.39, 0.29) is 30.7 Å². The molecular formula is C28H29N3O4. The van der Waals surface area contributed by atoms with E-state index in [4.69, 9.17) is 4.74 Å². The Kier molecular flexibility index (Phi) is 7.45. The van der Waals surface area contributed by atoms with Gasteiger partial charge in [-0.2, -0.15) is 0 Å². The standard InChI is InChI=1S/C28H29N3O4/c1-19-8-9-23(14-20(19)2)30-26(32)18-35-25-12-10-24(11-13-25)31-17-22(15-27(31)33)28(34)29-16-21-6-4-3-5-7-21/h3-14,22H,15-18H2,1-2H3,(H,29,34)(H,30,32)/t22-/m0/s1. The summed E-state index contributed by atoms with van der Waals surface area (Å²) < 4.78 is 5.59. The monoisotopic (exact) mass is 471 g/mol. The second-order valence-corrected chi connectivity index (χ2v) is 8.74. The van der Waals surface area contributed by atoms with E-state index in [2.05, 4.69) is 10.6 Å². The first-order chi connectivity index (χ1) is 16.9. The largest absolute Gasteiger partial charge is 0.484 e. The SMILES string of the molecule is Cc1ccc(NC(=O)COc2ccc(N3C[C@@H](C(=O)NCc4ccccc4)CC3=O)cc2)cc1C. The maximum atomic E-state index is 12.6. The van der Waals surface area contributed by atoms with Gasteiger partial charge in [-0.05, 0) is 66.9 Å². The Morgan fingerprint density at radius 1 is 0.971 bits per heavy atom. The normalized spacial score (nSPS) is 15.1. The van der Waals surface area contributed by atoms with E-state index in [1.807, 2.05) is 62.4 Å². The summed E-state index contributed by atoms with van der Waals surface area (Å²) in [5.74, 6) is -0.342. The fourth-order valence-corrected chi connectivity index (χ4v) is 3.95. The van der Waals surface area contributed by atoms with Crippen LogP contribution in [0.25, 0.3) is 0 Å². The van der Waals surface area contributed by atoms with E-state index in [1.54, 1.807) is 29.2 Å². The summed E-state index contributed by atoms with van der Waals surface area (Å²) in [5.41, 5.74) is 4.70. The third-order valence-corrected chi connectivity index (χ3v) is 6.11.